The van der Waals surface area contributed by atoms with Crippen molar-refractivity contribution in [1.82, 2.24) is 0 Å². The molecule has 4 rings (SSSR count). The molecule has 2 aliphatic carbocycles. The molecule has 6 nitrogen and oxygen atoms in total. The second-order valence-electron chi connectivity index (χ2n) is 7.96. The second kappa shape index (κ2) is 6.25. The maximum atomic E-state index is 13.1. The van der Waals surface area contributed by atoms with Gasteiger partial charge in [-0.3, -0.25) is 14.4 Å². The van der Waals surface area contributed by atoms with E-state index in [9.17, 15) is 14.4 Å². The van der Waals surface area contributed by atoms with Crippen molar-refractivity contribution < 1.29 is 28.3 Å². The first-order chi connectivity index (χ1) is 12.5. The summed E-state index contributed by atoms with van der Waals surface area (Å²) in [6, 6.07) is 1.81. The lowest BCUT2D eigenvalue weighted by atomic mass is 9.50. The molecule has 1 aliphatic heterocycles. The molecule has 3 aliphatic rings. The van der Waals surface area contributed by atoms with Gasteiger partial charge >= 0.3 is 11.9 Å². The number of methoxy groups -OCH3 is 1. The van der Waals surface area contributed by atoms with Gasteiger partial charge in [-0.05, 0) is 30.7 Å². The number of rotatable bonds is 2. The van der Waals surface area contributed by atoms with Crippen molar-refractivity contribution >= 4 is 17.7 Å². The number of furan rings is 1. The molecule has 2 saturated carbocycles. The Labute approximate surface area is 152 Å². The number of carbonyl (C=O) groups excluding carboxylic acids is 3. The Morgan fingerprint density at radius 2 is 2.12 bits per heavy atom. The summed E-state index contributed by atoms with van der Waals surface area (Å²) in [5, 5.41) is 0. The van der Waals surface area contributed by atoms with Gasteiger partial charge in [-0.1, -0.05) is 13.3 Å². The molecule has 1 saturated heterocycles. The smallest absolute Gasteiger partial charge is 0.313 e. The summed E-state index contributed by atoms with van der Waals surface area (Å²) >= 11 is 0. The molecule has 1 aromatic heterocycles. The summed E-state index contributed by atoms with van der Waals surface area (Å²) in [6.45, 7) is 1.97. The minimum absolute atomic E-state index is 0.0859. The summed E-state index contributed by atoms with van der Waals surface area (Å²) < 4.78 is 15.8. The predicted octanol–water partition coefficient (Wildman–Crippen LogP) is 3.07. The van der Waals surface area contributed by atoms with Crippen LogP contribution in [0.1, 0.15) is 50.7 Å². The van der Waals surface area contributed by atoms with Crippen molar-refractivity contribution in [3.8, 4) is 0 Å². The zero-order valence-corrected chi connectivity index (χ0v) is 15.1. The van der Waals surface area contributed by atoms with Gasteiger partial charge in [0.15, 0.2) is 0 Å². The average Bonchev–Trinajstić information content (AvgIpc) is 3.27. The third-order valence-corrected chi connectivity index (χ3v) is 6.89. The molecule has 0 unspecified atom stereocenters. The Bertz CT molecular complexity index is 723. The van der Waals surface area contributed by atoms with Crippen LogP contribution < -0.4 is 0 Å². The van der Waals surface area contributed by atoms with Crippen molar-refractivity contribution in [1.29, 1.82) is 0 Å². The van der Waals surface area contributed by atoms with E-state index in [1.807, 2.05) is 13.0 Å². The van der Waals surface area contributed by atoms with Gasteiger partial charge in [0, 0.05) is 24.3 Å². The van der Waals surface area contributed by atoms with Crippen LogP contribution in [0.3, 0.4) is 0 Å². The molecule has 6 heteroatoms. The molecule has 6 atom stereocenters. The molecular weight excluding hydrogens is 336 g/mol. The number of cyclic esters (lactones) is 1. The molecule has 0 radical (unpaired) electrons. The van der Waals surface area contributed by atoms with E-state index in [1.54, 1.807) is 12.5 Å². The van der Waals surface area contributed by atoms with Crippen molar-refractivity contribution in [2.24, 2.45) is 29.1 Å². The van der Waals surface area contributed by atoms with Crippen LogP contribution in [0.15, 0.2) is 23.0 Å². The molecule has 1 spiro atoms. The lowest BCUT2D eigenvalue weighted by Crippen LogP contribution is -2.55. The first kappa shape index (κ1) is 17.3. The monoisotopic (exact) mass is 360 g/mol. The third kappa shape index (κ3) is 2.34. The Balaban J connectivity index is 1.72. The summed E-state index contributed by atoms with van der Waals surface area (Å²) in [5.74, 6) is -1.64. The van der Waals surface area contributed by atoms with Crippen molar-refractivity contribution in [2.45, 2.75) is 45.1 Å². The van der Waals surface area contributed by atoms with Crippen LogP contribution in [-0.2, 0) is 23.9 Å². The van der Waals surface area contributed by atoms with E-state index in [2.05, 4.69) is 0 Å². The molecule has 26 heavy (non-hydrogen) atoms. The molecule has 0 bridgehead atoms. The molecule has 0 N–H and O–H groups in total. The molecule has 140 valence electrons. The first-order valence-electron chi connectivity index (χ1n) is 9.32. The number of ether oxygens (including phenoxy) is 2. The maximum absolute atomic E-state index is 13.1. The van der Waals surface area contributed by atoms with Gasteiger partial charge < -0.3 is 13.9 Å². The van der Waals surface area contributed by atoms with Crippen LogP contribution in [0.25, 0.3) is 0 Å². The minimum atomic E-state index is -0.715. The largest absolute Gasteiger partial charge is 0.472 e. The average molecular weight is 360 g/mol. The number of esters is 2. The molecule has 3 fully saturated rings. The SMILES string of the molecule is COC(=O)[C@@H]1CCC[C@H]2[C@H]1C(=O)C[C@@H](C)[C@]21C[C@@H](c2ccoc2)OC1=O. The van der Waals surface area contributed by atoms with Crippen LogP contribution in [0.4, 0.5) is 0 Å². The van der Waals surface area contributed by atoms with Crippen molar-refractivity contribution in [2.75, 3.05) is 7.11 Å². The fourth-order valence-corrected chi connectivity index (χ4v) is 5.65. The molecule has 2 heterocycles. The molecule has 1 aromatic rings. The molecule has 0 aromatic carbocycles. The quantitative estimate of drug-likeness (QED) is 0.754. The second-order valence-corrected chi connectivity index (χ2v) is 7.96. The summed E-state index contributed by atoms with van der Waals surface area (Å²) in [4.78, 5) is 38.2. The summed E-state index contributed by atoms with van der Waals surface area (Å²) in [5.41, 5.74) is 0.129. The van der Waals surface area contributed by atoms with Gasteiger partial charge in [0.1, 0.15) is 11.9 Å². The highest BCUT2D eigenvalue weighted by molar-refractivity contribution is 5.92. The summed E-state index contributed by atoms with van der Waals surface area (Å²) in [6.07, 6.45) is 5.88. The number of carbonyl (C=O) groups is 3. The van der Waals surface area contributed by atoms with Crippen LogP contribution in [0.2, 0.25) is 0 Å². The number of fused-ring (bicyclic) bond motifs is 2. The molecular formula is C20H24O6. The Morgan fingerprint density at radius 3 is 2.81 bits per heavy atom. The van der Waals surface area contributed by atoms with Gasteiger partial charge in [0.2, 0.25) is 0 Å². The fourth-order valence-electron chi connectivity index (χ4n) is 5.65. The highest BCUT2D eigenvalue weighted by Crippen LogP contribution is 2.61. The molecule has 0 amide bonds. The lowest BCUT2D eigenvalue weighted by Gasteiger charge is -2.50. The standard InChI is InChI=1S/C20H24O6/c1-11-8-15(21)17-13(18(22)24-2)4-3-5-14(17)20(11)9-16(26-19(20)23)12-6-7-25-10-12/h6-7,10-11,13-14,16-17H,3-5,8-9H2,1-2H3/t11-,13-,14+,16+,17+,20-/m1/s1. The fraction of sp³-hybridized carbons (Fsp3) is 0.650. The van der Waals surface area contributed by atoms with Crippen LogP contribution in [0, 0.1) is 29.1 Å². The van der Waals surface area contributed by atoms with Gasteiger partial charge in [0.25, 0.3) is 0 Å². The highest BCUT2D eigenvalue weighted by Gasteiger charge is 2.64. The first-order valence-corrected chi connectivity index (χ1v) is 9.32. The van der Waals surface area contributed by atoms with E-state index in [0.717, 1.165) is 18.4 Å². The maximum Gasteiger partial charge on any atom is 0.313 e. The topological polar surface area (TPSA) is 82.8 Å². The number of ketones is 1. The van der Waals surface area contributed by atoms with Crippen LogP contribution in [-0.4, -0.2) is 24.8 Å². The number of hydrogen-bond acceptors (Lipinski definition) is 6. The number of Topliss-reactive ketones (excluding diaryl/α,β-unsaturated/α-hetero) is 1. The van der Waals surface area contributed by atoms with Crippen LogP contribution >= 0.6 is 0 Å². The predicted molar refractivity (Wildman–Crippen MR) is 89.7 cm³/mol. The third-order valence-electron chi connectivity index (χ3n) is 6.89. The van der Waals surface area contributed by atoms with Gasteiger partial charge in [-0.2, -0.15) is 0 Å². The van der Waals surface area contributed by atoms with Gasteiger partial charge in [-0.25, -0.2) is 0 Å². The Kier molecular flexibility index (Phi) is 4.16. The van der Waals surface area contributed by atoms with Gasteiger partial charge in [-0.15, -0.1) is 0 Å². The van der Waals surface area contributed by atoms with E-state index in [1.165, 1.54) is 7.11 Å². The normalized spacial score (nSPS) is 39.5. The Morgan fingerprint density at radius 1 is 1.31 bits per heavy atom. The van der Waals surface area contributed by atoms with Gasteiger partial charge in [0.05, 0.1) is 31.0 Å². The van der Waals surface area contributed by atoms with E-state index in [4.69, 9.17) is 13.9 Å². The Hall–Kier alpha value is -2.11. The van der Waals surface area contributed by atoms with Crippen molar-refractivity contribution in [3.63, 3.8) is 0 Å². The minimum Gasteiger partial charge on any atom is -0.472 e. The van der Waals surface area contributed by atoms with E-state index in [-0.39, 0.29) is 35.7 Å². The van der Waals surface area contributed by atoms with Crippen molar-refractivity contribution in [3.05, 3.63) is 24.2 Å². The highest BCUT2D eigenvalue weighted by atomic mass is 16.6. The van der Waals surface area contributed by atoms with E-state index < -0.39 is 17.3 Å². The van der Waals surface area contributed by atoms with E-state index in [0.29, 0.717) is 19.3 Å². The lowest BCUT2D eigenvalue weighted by molar-refractivity contribution is -0.171. The van der Waals surface area contributed by atoms with Crippen LogP contribution in [0.5, 0.6) is 0 Å². The van der Waals surface area contributed by atoms with E-state index >= 15 is 0 Å². The summed E-state index contributed by atoms with van der Waals surface area (Å²) in [7, 11) is 1.36. The number of hydrogen-bond donors (Lipinski definition) is 0. The zero-order chi connectivity index (χ0) is 18.5. The zero-order valence-electron chi connectivity index (χ0n) is 15.1.